The summed E-state index contributed by atoms with van der Waals surface area (Å²) >= 11 is 0. The number of rotatable bonds is 11. The van der Waals surface area contributed by atoms with Crippen LogP contribution in [0.25, 0.3) is 17.1 Å². The van der Waals surface area contributed by atoms with E-state index in [0.717, 1.165) is 0 Å². The number of carbonyl (C=O) groups excluding carboxylic acids is 1. The molecule has 0 aliphatic rings. The van der Waals surface area contributed by atoms with Gasteiger partial charge >= 0.3 is 6.01 Å². The minimum absolute atomic E-state index is 0.110. The van der Waals surface area contributed by atoms with Crippen LogP contribution in [0.5, 0.6) is 11.8 Å². The topological polar surface area (TPSA) is 87.5 Å². The van der Waals surface area contributed by atoms with Crippen LogP contribution in [0.15, 0.2) is 78.9 Å². The van der Waals surface area contributed by atoms with Gasteiger partial charge in [0.2, 0.25) is 0 Å². The molecule has 0 saturated carbocycles. The summed E-state index contributed by atoms with van der Waals surface area (Å²) in [5, 5.41) is 7.19. The van der Waals surface area contributed by atoms with Crippen LogP contribution in [0.2, 0.25) is 0 Å². The summed E-state index contributed by atoms with van der Waals surface area (Å²) in [6.45, 7) is 3.01. The van der Waals surface area contributed by atoms with E-state index in [1.165, 1.54) is 10.7 Å². The van der Waals surface area contributed by atoms with Crippen LogP contribution in [-0.2, 0) is 9.53 Å². The van der Waals surface area contributed by atoms with E-state index in [9.17, 15) is 9.18 Å². The Labute approximate surface area is 202 Å². The predicted octanol–water partition coefficient (Wildman–Crippen LogP) is 4.51. The van der Waals surface area contributed by atoms with Crippen LogP contribution in [-0.4, -0.2) is 47.1 Å². The fraction of sp³-hybridized carbons (Fsp3) is 0.192. The Kier molecular flexibility index (Phi) is 8.03. The van der Waals surface area contributed by atoms with E-state index in [1.807, 2.05) is 25.1 Å². The molecule has 1 N–H and O–H groups in total. The summed E-state index contributed by atoms with van der Waals surface area (Å²) in [5.74, 6) is 0.190. The molecule has 0 radical (unpaired) electrons. The number of benzene rings is 3. The van der Waals surface area contributed by atoms with Crippen LogP contribution in [0.3, 0.4) is 0 Å². The van der Waals surface area contributed by atoms with Gasteiger partial charge in [-0.2, -0.15) is 4.98 Å². The van der Waals surface area contributed by atoms with Gasteiger partial charge in [-0.25, -0.2) is 9.07 Å². The Bertz CT molecular complexity index is 1250. The molecule has 180 valence electrons. The van der Waals surface area contributed by atoms with Crippen molar-refractivity contribution in [3.8, 4) is 28.8 Å². The minimum atomic E-state index is -0.427. The molecular formula is C26H25FN4O4. The SMILES string of the molecule is CCOCCOc1nc(-c2ccccc2F)n(-c2ccc(NC(=O)COc3ccccc3)cc2)n1. The molecular weight excluding hydrogens is 451 g/mol. The second-order valence-corrected chi connectivity index (χ2v) is 7.35. The molecule has 0 unspecified atom stereocenters. The van der Waals surface area contributed by atoms with Gasteiger partial charge in [0.15, 0.2) is 12.4 Å². The van der Waals surface area contributed by atoms with Gasteiger partial charge < -0.3 is 19.5 Å². The zero-order valence-corrected chi connectivity index (χ0v) is 19.2. The number of halogens is 1. The maximum Gasteiger partial charge on any atom is 0.336 e. The maximum atomic E-state index is 14.5. The third-order valence-corrected chi connectivity index (χ3v) is 4.87. The van der Waals surface area contributed by atoms with E-state index >= 15 is 0 Å². The molecule has 3 aromatic carbocycles. The zero-order chi connectivity index (χ0) is 24.5. The van der Waals surface area contributed by atoms with Gasteiger partial charge in [0.05, 0.1) is 17.9 Å². The van der Waals surface area contributed by atoms with Crippen molar-refractivity contribution in [2.24, 2.45) is 0 Å². The first-order valence-corrected chi connectivity index (χ1v) is 11.1. The first-order valence-electron chi connectivity index (χ1n) is 11.1. The first-order chi connectivity index (χ1) is 17.1. The summed E-state index contributed by atoms with van der Waals surface area (Å²) in [7, 11) is 0. The Morgan fingerprint density at radius 1 is 0.943 bits per heavy atom. The van der Waals surface area contributed by atoms with E-state index in [1.54, 1.807) is 54.6 Å². The molecule has 1 amide bonds. The number of ether oxygens (including phenoxy) is 3. The summed E-state index contributed by atoms with van der Waals surface area (Å²) in [5.41, 5.74) is 1.49. The average Bonchev–Trinajstić information content (AvgIpc) is 3.31. The summed E-state index contributed by atoms with van der Waals surface area (Å²) in [4.78, 5) is 16.6. The zero-order valence-electron chi connectivity index (χ0n) is 19.2. The number of nitrogens with zero attached hydrogens (tertiary/aromatic N) is 3. The van der Waals surface area contributed by atoms with Crippen LogP contribution in [0.4, 0.5) is 10.1 Å². The van der Waals surface area contributed by atoms with Crippen LogP contribution in [0, 0.1) is 5.82 Å². The van der Waals surface area contributed by atoms with Crippen molar-refractivity contribution < 1.29 is 23.4 Å². The number of hydrogen-bond acceptors (Lipinski definition) is 6. The third kappa shape index (κ3) is 6.42. The van der Waals surface area contributed by atoms with Gasteiger partial charge in [-0.3, -0.25) is 4.79 Å². The van der Waals surface area contributed by atoms with Crippen LogP contribution >= 0.6 is 0 Å². The third-order valence-electron chi connectivity index (χ3n) is 4.87. The molecule has 0 saturated heterocycles. The molecule has 4 rings (SSSR count). The van der Waals surface area contributed by atoms with Gasteiger partial charge in [-0.1, -0.05) is 30.3 Å². The number of hydrogen-bond donors (Lipinski definition) is 1. The smallest absolute Gasteiger partial charge is 0.336 e. The average molecular weight is 477 g/mol. The standard InChI is InChI=1S/C26H25FN4O4/c1-2-33-16-17-34-26-29-25(22-10-6-7-11-23(22)27)31(30-26)20-14-12-19(13-15-20)28-24(32)18-35-21-8-4-3-5-9-21/h3-15H,2,16-18H2,1H3,(H,28,32). The Morgan fingerprint density at radius 3 is 2.43 bits per heavy atom. The van der Waals surface area contributed by atoms with E-state index in [4.69, 9.17) is 14.2 Å². The van der Waals surface area contributed by atoms with Crippen molar-refractivity contribution in [2.45, 2.75) is 6.92 Å². The minimum Gasteiger partial charge on any atom is -0.484 e. The highest BCUT2D eigenvalue weighted by molar-refractivity contribution is 5.92. The predicted molar refractivity (Wildman–Crippen MR) is 129 cm³/mol. The summed E-state index contributed by atoms with van der Waals surface area (Å²) in [6.07, 6.45) is 0. The molecule has 0 spiro atoms. The van der Waals surface area contributed by atoms with E-state index in [2.05, 4.69) is 15.4 Å². The summed E-state index contributed by atoms with van der Waals surface area (Å²) in [6, 6.07) is 22.5. The van der Waals surface area contributed by atoms with Crippen molar-refractivity contribution in [3.05, 3.63) is 84.7 Å². The van der Waals surface area contributed by atoms with Gasteiger partial charge in [0.1, 0.15) is 18.2 Å². The second kappa shape index (κ2) is 11.8. The lowest BCUT2D eigenvalue weighted by Gasteiger charge is -2.09. The lowest BCUT2D eigenvalue weighted by molar-refractivity contribution is -0.118. The molecule has 35 heavy (non-hydrogen) atoms. The quantitative estimate of drug-likeness (QED) is 0.321. The fourth-order valence-corrected chi connectivity index (χ4v) is 3.24. The van der Waals surface area contributed by atoms with Crippen molar-refractivity contribution in [3.63, 3.8) is 0 Å². The number of nitrogens with one attached hydrogen (secondary N) is 1. The van der Waals surface area contributed by atoms with Crippen LogP contribution in [0.1, 0.15) is 6.92 Å². The maximum absolute atomic E-state index is 14.5. The highest BCUT2D eigenvalue weighted by Crippen LogP contribution is 2.26. The van der Waals surface area contributed by atoms with Gasteiger partial charge in [-0.05, 0) is 55.5 Å². The lowest BCUT2D eigenvalue weighted by Crippen LogP contribution is -2.20. The molecule has 1 aromatic heterocycles. The van der Waals surface area contributed by atoms with E-state index in [0.29, 0.717) is 36.2 Å². The summed E-state index contributed by atoms with van der Waals surface area (Å²) < 4.78 is 32.4. The Balaban J connectivity index is 1.49. The monoisotopic (exact) mass is 476 g/mol. The molecule has 1 heterocycles. The molecule has 8 nitrogen and oxygen atoms in total. The molecule has 0 bridgehead atoms. The normalized spacial score (nSPS) is 10.7. The Hall–Kier alpha value is -4.24. The Morgan fingerprint density at radius 2 is 1.69 bits per heavy atom. The molecule has 0 aliphatic heterocycles. The van der Waals surface area contributed by atoms with Crippen molar-refractivity contribution in [1.29, 1.82) is 0 Å². The van der Waals surface area contributed by atoms with E-state index in [-0.39, 0.29) is 30.7 Å². The van der Waals surface area contributed by atoms with Gasteiger partial charge in [0, 0.05) is 12.3 Å². The number of aromatic nitrogens is 3. The van der Waals surface area contributed by atoms with E-state index < -0.39 is 5.82 Å². The molecule has 9 heteroatoms. The highest BCUT2D eigenvalue weighted by atomic mass is 19.1. The van der Waals surface area contributed by atoms with Crippen molar-refractivity contribution in [1.82, 2.24) is 14.8 Å². The van der Waals surface area contributed by atoms with Crippen LogP contribution < -0.4 is 14.8 Å². The van der Waals surface area contributed by atoms with Gasteiger partial charge in [-0.15, -0.1) is 5.10 Å². The number of anilines is 1. The van der Waals surface area contributed by atoms with Gasteiger partial charge in [0.25, 0.3) is 5.91 Å². The highest BCUT2D eigenvalue weighted by Gasteiger charge is 2.18. The fourth-order valence-electron chi connectivity index (χ4n) is 3.24. The number of amides is 1. The second-order valence-electron chi connectivity index (χ2n) is 7.35. The number of para-hydroxylation sites is 1. The van der Waals surface area contributed by atoms with Crippen molar-refractivity contribution >= 4 is 11.6 Å². The molecule has 4 aromatic rings. The number of carbonyl (C=O) groups is 1. The van der Waals surface area contributed by atoms with Crippen molar-refractivity contribution in [2.75, 3.05) is 31.7 Å². The molecule has 0 fully saturated rings. The lowest BCUT2D eigenvalue weighted by atomic mass is 10.2. The first kappa shape index (κ1) is 23.9. The molecule has 0 atom stereocenters. The molecule has 0 aliphatic carbocycles. The largest absolute Gasteiger partial charge is 0.484 e.